The van der Waals surface area contributed by atoms with Crippen molar-refractivity contribution in [1.29, 1.82) is 0 Å². The van der Waals surface area contributed by atoms with Gasteiger partial charge in [0.2, 0.25) is 0 Å². The molecular weight excluding hydrogens is 200 g/mol. The molecule has 0 radical (unpaired) electrons. The molecule has 1 saturated carbocycles. The maximum absolute atomic E-state index is 9.04. The molecule has 0 spiro atoms. The van der Waals surface area contributed by atoms with Crippen LogP contribution in [0.2, 0.25) is 0 Å². The van der Waals surface area contributed by atoms with Crippen LogP contribution in [0.3, 0.4) is 0 Å². The molecule has 16 heavy (non-hydrogen) atoms. The SMILES string of the molecule is CN(CCCCC(C)(N)CO)C1CCCC1. The standard InChI is InChI=1S/C13H28N2O/c1-13(14,11-16)9-5-6-10-15(2)12-7-3-4-8-12/h12,16H,3-11,14H2,1-2H3. The second kappa shape index (κ2) is 6.58. The van der Waals surface area contributed by atoms with Crippen molar-refractivity contribution in [1.82, 2.24) is 4.90 Å². The van der Waals surface area contributed by atoms with Gasteiger partial charge in [-0.05, 0) is 46.2 Å². The third-order valence-electron chi connectivity index (χ3n) is 3.82. The lowest BCUT2D eigenvalue weighted by Crippen LogP contribution is -2.40. The Hall–Kier alpha value is -0.120. The van der Waals surface area contributed by atoms with E-state index in [4.69, 9.17) is 10.8 Å². The van der Waals surface area contributed by atoms with E-state index in [2.05, 4.69) is 11.9 Å². The van der Waals surface area contributed by atoms with Crippen LogP contribution in [0, 0.1) is 0 Å². The van der Waals surface area contributed by atoms with Gasteiger partial charge in [-0.3, -0.25) is 0 Å². The van der Waals surface area contributed by atoms with E-state index >= 15 is 0 Å². The van der Waals surface area contributed by atoms with Crippen LogP contribution in [0.25, 0.3) is 0 Å². The smallest absolute Gasteiger partial charge is 0.0608 e. The van der Waals surface area contributed by atoms with Crippen LogP contribution >= 0.6 is 0 Å². The zero-order chi connectivity index (χ0) is 12.0. The van der Waals surface area contributed by atoms with Crippen molar-refractivity contribution < 1.29 is 5.11 Å². The van der Waals surface area contributed by atoms with Crippen molar-refractivity contribution in [3.63, 3.8) is 0 Å². The van der Waals surface area contributed by atoms with Crippen LogP contribution < -0.4 is 5.73 Å². The molecule has 1 aliphatic carbocycles. The Morgan fingerprint density at radius 2 is 1.94 bits per heavy atom. The number of hydrogen-bond acceptors (Lipinski definition) is 3. The summed E-state index contributed by atoms with van der Waals surface area (Å²) < 4.78 is 0. The number of hydrogen-bond donors (Lipinski definition) is 2. The fourth-order valence-electron chi connectivity index (χ4n) is 2.50. The number of unbranched alkanes of at least 4 members (excludes halogenated alkanes) is 1. The van der Waals surface area contributed by atoms with Crippen LogP contribution in [0.4, 0.5) is 0 Å². The van der Waals surface area contributed by atoms with Crippen molar-refractivity contribution >= 4 is 0 Å². The first-order chi connectivity index (χ1) is 7.55. The second-order valence-corrected chi connectivity index (χ2v) is 5.69. The average Bonchev–Trinajstić information content (AvgIpc) is 2.77. The summed E-state index contributed by atoms with van der Waals surface area (Å²) in [5, 5.41) is 9.04. The minimum atomic E-state index is -0.383. The predicted octanol–water partition coefficient (Wildman–Crippen LogP) is 1.74. The highest BCUT2D eigenvalue weighted by atomic mass is 16.3. The van der Waals surface area contributed by atoms with E-state index in [1.54, 1.807) is 0 Å². The normalized spacial score (nSPS) is 21.6. The maximum Gasteiger partial charge on any atom is 0.0608 e. The summed E-state index contributed by atoms with van der Waals surface area (Å²) in [5.41, 5.74) is 5.51. The topological polar surface area (TPSA) is 49.5 Å². The van der Waals surface area contributed by atoms with E-state index < -0.39 is 0 Å². The van der Waals surface area contributed by atoms with Gasteiger partial charge in [-0.1, -0.05) is 19.3 Å². The molecule has 3 N–H and O–H groups in total. The summed E-state index contributed by atoms with van der Waals surface area (Å²) in [5.74, 6) is 0. The van der Waals surface area contributed by atoms with Crippen LogP contribution in [-0.4, -0.2) is 41.8 Å². The first-order valence-corrected chi connectivity index (χ1v) is 6.65. The number of rotatable bonds is 7. The summed E-state index contributed by atoms with van der Waals surface area (Å²) in [6.07, 6.45) is 8.79. The van der Waals surface area contributed by atoms with Crippen LogP contribution in [-0.2, 0) is 0 Å². The summed E-state index contributed by atoms with van der Waals surface area (Å²) >= 11 is 0. The highest BCUT2D eigenvalue weighted by Crippen LogP contribution is 2.22. The molecule has 0 saturated heterocycles. The molecule has 96 valence electrons. The van der Waals surface area contributed by atoms with Gasteiger partial charge >= 0.3 is 0 Å². The first kappa shape index (κ1) is 13.9. The molecular formula is C13H28N2O. The van der Waals surface area contributed by atoms with Crippen molar-refractivity contribution in [3.05, 3.63) is 0 Å². The third kappa shape index (κ3) is 4.81. The van der Waals surface area contributed by atoms with Gasteiger partial charge in [0, 0.05) is 11.6 Å². The minimum Gasteiger partial charge on any atom is -0.394 e. The van der Waals surface area contributed by atoms with E-state index in [-0.39, 0.29) is 12.1 Å². The van der Waals surface area contributed by atoms with E-state index in [1.165, 1.54) is 38.6 Å². The molecule has 0 aliphatic heterocycles. The zero-order valence-electron chi connectivity index (χ0n) is 10.9. The number of aliphatic hydroxyl groups is 1. The van der Waals surface area contributed by atoms with E-state index in [0.717, 1.165) is 18.9 Å². The van der Waals surface area contributed by atoms with Crippen molar-refractivity contribution in [3.8, 4) is 0 Å². The summed E-state index contributed by atoms with van der Waals surface area (Å²) in [4.78, 5) is 2.50. The molecule has 0 aromatic rings. The zero-order valence-corrected chi connectivity index (χ0v) is 10.9. The Morgan fingerprint density at radius 3 is 2.50 bits per heavy atom. The van der Waals surface area contributed by atoms with E-state index in [1.807, 2.05) is 6.92 Å². The molecule has 0 bridgehead atoms. The predicted molar refractivity (Wildman–Crippen MR) is 68.4 cm³/mol. The van der Waals surface area contributed by atoms with E-state index in [9.17, 15) is 0 Å². The number of nitrogens with two attached hydrogens (primary N) is 1. The molecule has 1 aliphatic rings. The Labute approximate surface area is 100 Å². The fourth-order valence-corrected chi connectivity index (χ4v) is 2.50. The van der Waals surface area contributed by atoms with Gasteiger partial charge in [0.1, 0.15) is 0 Å². The summed E-state index contributed by atoms with van der Waals surface area (Å²) in [7, 11) is 2.24. The highest BCUT2D eigenvalue weighted by Gasteiger charge is 2.20. The average molecular weight is 228 g/mol. The molecule has 1 atom stereocenters. The quantitative estimate of drug-likeness (QED) is 0.653. The highest BCUT2D eigenvalue weighted by molar-refractivity contribution is 4.78. The van der Waals surface area contributed by atoms with Gasteiger partial charge in [-0.2, -0.15) is 0 Å². The second-order valence-electron chi connectivity index (χ2n) is 5.69. The lowest BCUT2D eigenvalue weighted by Gasteiger charge is -2.25. The molecule has 0 amide bonds. The van der Waals surface area contributed by atoms with Crippen molar-refractivity contribution in [2.45, 2.75) is 63.5 Å². The summed E-state index contributed by atoms with van der Waals surface area (Å²) in [6.45, 7) is 3.19. The molecule has 3 heteroatoms. The molecule has 1 unspecified atom stereocenters. The van der Waals surface area contributed by atoms with Crippen molar-refractivity contribution in [2.75, 3.05) is 20.2 Å². The molecule has 1 rings (SSSR count). The molecule has 1 fully saturated rings. The molecule has 0 aromatic heterocycles. The van der Waals surface area contributed by atoms with Gasteiger partial charge in [-0.15, -0.1) is 0 Å². The van der Waals surface area contributed by atoms with Gasteiger partial charge in [-0.25, -0.2) is 0 Å². The van der Waals surface area contributed by atoms with Crippen LogP contribution in [0.1, 0.15) is 51.9 Å². The Morgan fingerprint density at radius 1 is 1.31 bits per heavy atom. The number of nitrogens with zero attached hydrogens (tertiary/aromatic N) is 1. The molecule has 0 aromatic carbocycles. The Bertz CT molecular complexity index is 188. The summed E-state index contributed by atoms with van der Waals surface area (Å²) in [6, 6.07) is 0.821. The van der Waals surface area contributed by atoms with Gasteiger partial charge in [0.15, 0.2) is 0 Å². The van der Waals surface area contributed by atoms with Gasteiger partial charge in [0.05, 0.1) is 6.61 Å². The van der Waals surface area contributed by atoms with Crippen molar-refractivity contribution in [2.24, 2.45) is 5.73 Å². The first-order valence-electron chi connectivity index (χ1n) is 6.65. The maximum atomic E-state index is 9.04. The van der Waals surface area contributed by atoms with Gasteiger partial charge in [0.25, 0.3) is 0 Å². The molecule has 0 heterocycles. The van der Waals surface area contributed by atoms with E-state index in [0.29, 0.717) is 0 Å². The lowest BCUT2D eigenvalue weighted by atomic mass is 9.97. The Balaban J connectivity index is 2.06. The van der Waals surface area contributed by atoms with Crippen LogP contribution in [0.5, 0.6) is 0 Å². The fraction of sp³-hybridized carbons (Fsp3) is 1.00. The van der Waals surface area contributed by atoms with Gasteiger partial charge < -0.3 is 15.7 Å². The monoisotopic (exact) mass is 228 g/mol. The number of aliphatic hydroxyl groups excluding tert-OH is 1. The largest absolute Gasteiger partial charge is 0.394 e. The lowest BCUT2D eigenvalue weighted by molar-refractivity contribution is 0.191. The van der Waals surface area contributed by atoms with Crippen LogP contribution in [0.15, 0.2) is 0 Å². The minimum absolute atomic E-state index is 0.0888. The third-order valence-corrected chi connectivity index (χ3v) is 3.82. The Kier molecular flexibility index (Phi) is 5.73. The molecule has 3 nitrogen and oxygen atoms in total.